The second kappa shape index (κ2) is 9.14. The summed E-state index contributed by atoms with van der Waals surface area (Å²) in [5.41, 5.74) is 3.14. The molecule has 2 aromatic rings. The van der Waals surface area contributed by atoms with E-state index in [-0.39, 0.29) is 23.8 Å². The monoisotopic (exact) mass is 428 g/mol. The molecule has 0 radical (unpaired) electrons. The highest BCUT2D eigenvalue weighted by Gasteiger charge is 2.35. The molecule has 2 N–H and O–H groups in total. The van der Waals surface area contributed by atoms with Crippen LogP contribution in [-0.2, 0) is 21.4 Å². The average Bonchev–Trinajstić information content (AvgIpc) is 3.22. The van der Waals surface area contributed by atoms with Crippen LogP contribution in [0.1, 0.15) is 36.1 Å². The minimum absolute atomic E-state index is 0.0469. The molecular formula is C22H28N4O3S. The summed E-state index contributed by atoms with van der Waals surface area (Å²) in [4.78, 5) is 30.8. The van der Waals surface area contributed by atoms with E-state index in [1.165, 1.54) is 22.5 Å². The molecule has 1 aromatic heterocycles. The van der Waals surface area contributed by atoms with Gasteiger partial charge in [-0.2, -0.15) is 0 Å². The van der Waals surface area contributed by atoms with Gasteiger partial charge < -0.3 is 15.4 Å². The van der Waals surface area contributed by atoms with Gasteiger partial charge in [0, 0.05) is 43.6 Å². The molecule has 0 unspecified atom stereocenters. The normalized spacial score (nSPS) is 18.7. The minimum Gasteiger partial charge on any atom is -0.381 e. The van der Waals surface area contributed by atoms with E-state index in [0.29, 0.717) is 43.7 Å². The van der Waals surface area contributed by atoms with Crippen LogP contribution in [0.3, 0.4) is 0 Å². The Bertz CT molecular complexity index is 907. The number of hydrogen-bond donors (Lipinski definition) is 2. The van der Waals surface area contributed by atoms with Crippen molar-refractivity contribution in [3.8, 4) is 0 Å². The minimum atomic E-state index is -0.119. The number of amides is 3. The SMILES string of the molecule is Cc1ccccc1C1(CNC(=O)Cc2csc(N3CCCNC3=O)n2)CCOCC1. The number of urea groups is 1. The Balaban J connectivity index is 1.40. The van der Waals surface area contributed by atoms with Crippen LogP contribution in [-0.4, -0.2) is 49.8 Å². The molecule has 3 amide bonds. The quantitative estimate of drug-likeness (QED) is 0.741. The number of hydrogen-bond acceptors (Lipinski definition) is 5. The van der Waals surface area contributed by atoms with Crippen molar-refractivity contribution in [3.63, 3.8) is 0 Å². The van der Waals surface area contributed by atoms with Crippen molar-refractivity contribution < 1.29 is 14.3 Å². The average molecular weight is 429 g/mol. The highest BCUT2D eigenvalue weighted by atomic mass is 32.1. The molecule has 2 fully saturated rings. The molecule has 2 aliphatic rings. The van der Waals surface area contributed by atoms with Gasteiger partial charge in [0.15, 0.2) is 5.13 Å². The van der Waals surface area contributed by atoms with Crippen LogP contribution in [0.5, 0.6) is 0 Å². The topological polar surface area (TPSA) is 83.6 Å². The van der Waals surface area contributed by atoms with Gasteiger partial charge in [-0.25, -0.2) is 9.78 Å². The van der Waals surface area contributed by atoms with E-state index in [2.05, 4.69) is 40.7 Å². The maximum absolute atomic E-state index is 12.7. The van der Waals surface area contributed by atoms with Crippen LogP contribution in [0.25, 0.3) is 0 Å². The van der Waals surface area contributed by atoms with Gasteiger partial charge in [0.25, 0.3) is 0 Å². The van der Waals surface area contributed by atoms with Gasteiger partial charge in [0.2, 0.25) is 5.91 Å². The molecule has 2 aliphatic heterocycles. The third-order valence-corrected chi connectivity index (χ3v) is 6.89. The van der Waals surface area contributed by atoms with Crippen molar-refractivity contribution in [1.29, 1.82) is 0 Å². The van der Waals surface area contributed by atoms with Crippen molar-refractivity contribution >= 4 is 28.4 Å². The number of benzene rings is 1. The van der Waals surface area contributed by atoms with Gasteiger partial charge in [-0.05, 0) is 37.3 Å². The lowest BCUT2D eigenvalue weighted by atomic mass is 9.72. The summed E-state index contributed by atoms with van der Waals surface area (Å²) in [5.74, 6) is -0.0469. The van der Waals surface area contributed by atoms with Crippen LogP contribution in [0, 0.1) is 6.92 Å². The van der Waals surface area contributed by atoms with Gasteiger partial charge in [0.05, 0.1) is 12.1 Å². The van der Waals surface area contributed by atoms with Crippen LogP contribution < -0.4 is 15.5 Å². The number of rotatable bonds is 6. The van der Waals surface area contributed by atoms with Gasteiger partial charge in [-0.3, -0.25) is 9.69 Å². The van der Waals surface area contributed by atoms with Crippen molar-refractivity contribution in [2.75, 3.05) is 37.7 Å². The Hall–Kier alpha value is -2.45. The number of aromatic nitrogens is 1. The van der Waals surface area contributed by atoms with E-state index in [1.54, 1.807) is 4.90 Å². The van der Waals surface area contributed by atoms with E-state index in [1.807, 2.05) is 11.4 Å². The number of aryl methyl sites for hydroxylation is 1. The summed E-state index contributed by atoms with van der Waals surface area (Å²) in [6.45, 7) is 5.48. The second-order valence-corrected chi connectivity index (χ2v) is 8.86. The predicted octanol–water partition coefficient (Wildman–Crippen LogP) is 2.78. The van der Waals surface area contributed by atoms with Crippen LogP contribution >= 0.6 is 11.3 Å². The molecule has 8 heteroatoms. The Kier molecular flexibility index (Phi) is 6.34. The molecule has 0 spiro atoms. The molecule has 2 saturated heterocycles. The summed E-state index contributed by atoms with van der Waals surface area (Å²) >= 11 is 1.40. The lowest BCUT2D eigenvalue weighted by Gasteiger charge is -2.39. The molecular weight excluding hydrogens is 400 g/mol. The number of anilines is 1. The largest absolute Gasteiger partial charge is 0.381 e. The number of thiazole rings is 1. The third-order valence-electron chi connectivity index (χ3n) is 5.98. The van der Waals surface area contributed by atoms with Gasteiger partial charge in [-0.1, -0.05) is 24.3 Å². The van der Waals surface area contributed by atoms with E-state index in [9.17, 15) is 9.59 Å². The van der Waals surface area contributed by atoms with E-state index < -0.39 is 0 Å². The highest BCUT2D eigenvalue weighted by Crippen LogP contribution is 2.36. The lowest BCUT2D eigenvalue weighted by Crippen LogP contribution is -2.46. The standard InChI is InChI=1S/C22H28N4O3S/c1-16-5-2-3-6-18(16)22(7-11-29-12-8-22)15-24-19(27)13-17-14-30-21(25-17)26-10-4-9-23-20(26)28/h2-3,5-6,14H,4,7-13,15H2,1H3,(H,23,28)(H,24,27). The first-order valence-electron chi connectivity index (χ1n) is 10.5. The molecule has 1 aromatic carbocycles. The maximum Gasteiger partial charge on any atom is 0.323 e. The van der Waals surface area contributed by atoms with E-state index >= 15 is 0 Å². The Morgan fingerprint density at radius 3 is 2.90 bits per heavy atom. The first kappa shape index (κ1) is 20.8. The third kappa shape index (κ3) is 4.49. The lowest BCUT2D eigenvalue weighted by molar-refractivity contribution is -0.121. The molecule has 0 bridgehead atoms. The van der Waals surface area contributed by atoms with Crippen molar-refractivity contribution in [1.82, 2.24) is 15.6 Å². The summed E-state index contributed by atoms with van der Waals surface area (Å²) < 4.78 is 5.60. The number of ether oxygens (including phenoxy) is 1. The summed E-state index contributed by atoms with van der Waals surface area (Å²) in [6, 6.07) is 8.29. The highest BCUT2D eigenvalue weighted by molar-refractivity contribution is 7.14. The summed E-state index contributed by atoms with van der Waals surface area (Å²) in [7, 11) is 0. The van der Waals surface area contributed by atoms with Crippen molar-refractivity contribution in [2.45, 2.75) is 38.0 Å². The predicted molar refractivity (Wildman–Crippen MR) is 117 cm³/mol. The fourth-order valence-electron chi connectivity index (χ4n) is 4.28. The molecule has 0 aliphatic carbocycles. The van der Waals surface area contributed by atoms with Crippen LogP contribution in [0.4, 0.5) is 9.93 Å². The maximum atomic E-state index is 12.7. The molecule has 3 heterocycles. The zero-order valence-electron chi connectivity index (χ0n) is 17.3. The van der Waals surface area contributed by atoms with Crippen molar-refractivity contribution in [2.24, 2.45) is 0 Å². The Morgan fingerprint density at radius 2 is 2.13 bits per heavy atom. The van der Waals surface area contributed by atoms with Gasteiger partial charge >= 0.3 is 6.03 Å². The Morgan fingerprint density at radius 1 is 1.33 bits per heavy atom. The zero-order valence-corrected chi connectivity index (χ0v) is 18.1. The van der Waals surface area contributed by atoms with Gasteiger partial charge in [-0.15, -0.1) is 11.3 Å². The number of carbonyl (C=O) groups excluding carboxylic acids is 2. The number of nitrogens with one attached hydrogen (secondary N) is 2. The van der Waals surface area contributed by atoms with E-state index in [0.717, 1.165) is 19.3 Å². The zero-order chi connectivity index (χ0) is 21.0. The number of nitrogens with zero attached hydrogens (tertiary/aromatic N) is 2. The van der Waals surface area contributed by atoms with Crippen LogP contribution in [0.2, 0.25) is 0 Å². The smallest absolute Gasteiger partial charge is 0.323 e. The second-order valence-electron chi connectivity index (χ2n) is 8.02. The summed E-state index contributed by atoms with van der Waals surface area (Å²) in [6.07, 6.45) is 2.89. The fourth-order valence-corrected chi connectivity index (χ4v) is 5.13. The Labute approximate surface area is 180 Å². The molecule has 7 nitrogen and oxygen atoms in total. The first-order chi connectivity index (χ1) is 14.6. The fraction of sp³-hybridized carbons (Fsp3) is 0.500. The first-order valence-corrected chi connectivity index (χ1v) is 11.4. The summed E-state index contributed by atoms with van der Waals surface area (Å²) in [5, 5.41) is 8.48. The van der Waals surface area contributed by atoms with Crippen molar-refractivity contribution in [3.05, 3.63) is 46.5 Å². The van der Waals surface area contributed by atoms with E-state index in [4.69, 9.17) is 4.74 Å². The molecule has 160 valence electrons. The molecule has 30 heavy (non-hydrogen) atoms. The van der Waals surface area contributed by atoms with Crippen LogP contribution in [0.15, 0.2) is 29.6 Å². The molecule has 4 rings (SSSR count). The van der Waals surface area contributed by atoms with Gasteiger partial charge in [0.1, 0.15) is 0 Å². The number of carbonyl (C=O) groups is 2. The molecule has 0 saturated carbocycles. The molecule has 0 atom stereocenters.